The van der Waals surface area contributed by atoms with Gasteiger partial charge in [-0.1, -0.05) is 25.4 Å². The summed E-state index contributed by atoms with van der Waals surface area (Å²) in [5.41, 5.74) is 6.49. The second-order valence-corrected chi connectivity index (χ2v) is 6.97. The molecule has 0 aliphatic carbocycles. The Morgan fingerprint density at radius 1 is 1.42 bits per heavy atom. The Morgan fingerprint density at radius 3 is 2.68 bits per heavy atom. The van der Waals surface area contributed by atoms with Crippen LogP contribution < -0.4 is 11.1 Å². The molecule has 1 aromatic rings. The topological polar surface area (TPSA) is 55.1 Å². The van der Waals surface area contributed by atoms with Crippen LogP contribution in [0.2, 0.25) is 5.02 Å². The van der Waals surface area contributed by atoms with E-state index in [1.54, 1.807) is 6.07 Å². The molecule has 0 spiro atoms. The van der Waals surface area contributed by atoms with Crippen LogP contribution in [0.5, 0.6) is 0 Å². The number of carbonyl (C=O) groups is 1. The van der Waals surface area contributed by atoms with Gasteiger partial charge in [0.15, 0.2) is 0 Å². The zero-order valence-corrected chi connectivity index (χ0v) is 14.2. The molecule has 1 rings (SSSR count). The number of carbonyl (C=O) groups excluding carboxylic acids is 1. The van der Waals surface area contributed by atoms with Crippen molar-refractivity contribution in [1.29, 1.82) is 0 Å². The van der Waals surface area contributed by atoms with Gasteiger partial charge in [-0.3, -0.25) is 4.79 Å². The molecule has 0 saturated carbocycles. The number of hydrogen-bond donors (Lipinski definition) is 2. The third kappa shape index (κ3) is 6.10. The smallest absolute Gasteiger partial charge is 0.224 e. The van der Waals surface area contributed by atoms with Crippen LogP contribution in [-0.2, 0) is 4.79 Å². The van der Waals surface area contributed by atoms with Crippen molar-refractivity contribution >= 4 is 45.8 Å². The van der Waals surface area contributed by atoms with Crippen LogP contribution in [0.1, 0.15) is 33.1 Å². The van der Waals surface area contributed by atoms with Crippen molar-refractivity contribution in [2.75, 3.05) is 11.9 Å². The Morgan fingerprint density at radius 2 is 2.11 bits per heavy atom. The number of amides is 1. The van der Waals surface area contributed by atoms with Crippen molar-refractivity contribution < 1.29 is 4.79 Å². The van der Waals surface area contributed by atoms with Crippen LogP contribution in [0.3, 0.4) is 0 Å². The zero-order chi connectivity index (χ0) is 14.5. The van der Waals surface area contributed by atoms with Gasteiger partial charge in [0.25, 0.3) is 0 Å². The minimum Gasteiger partial charge on any atom is -0.330 e. The van der Waals surface area contributed by atoms with Gasteiger partial charge < -0.3 is 11.1 Å². The monoisotopic (exact) mass is 394 g/mol. The number of nitrogens with two attached hydrogens (primary N) is 1. The second kappa shape index (κ2) is 7.45. The molecule has 0 heterocycles. The number of halogens is 2. The van der Waals surface area contributed by atoms with Gasteiger partial charge in [-0.25, -0.2) is 0 Å². The minimum atomic E-state index is 0.0327. The number of anilines is 1. The molecule has 0 fully saturated rings. The van der Waals surface area contributed by atoms with Gasteiger partial charge in [0, 0.05) is 15.0 Å². The molecule has 1 aromatic carbocycles. The van der Waals surface area contributed by atoms with E-state index in [-0.39, 0.29) is 11.3 Å². The van der Waals surface area contributed by atoms with Crippen LogP contribution in [-0.4, -0.2) is 12.5 Å². The van der Waals surface area contributed by atoms with Crippen molar-refractivity contribution in [2.24, 2.45) is 11.1 Å². The maximum Gasteiger partial charge on any atom is 0.224 e. The Hall–Kier alpha value is -0.330. The average Bonchev–Trinajstić information content (AvgIpc) is 2.30. The highest BCUT2D eigenvalue weighted by Crippen LogP contribution is 2.27. The molecule has 3 nitrogen and oxygen atoms in total. The summed E-state index contributed by atoms with van der Waals surface area (Å²) in [5, 5.41) is 3.59. The van der Waals surface area contributed by atoms with E-state index < -0.39 is 0 Å². The second-order valence-electron chi connectivity index (χ2n) is 5.38. The molecule has 5 heteroatoms. The van der Waals surface area contributed by atoms with Crippen molar-refractivity contribution in [3.63, 3.8) is 0 Å². The highest BCUT2D eigenvalue weighted by atomic mass is 127. The van der Waals surface area contributed by atoms with Gasteiger partial charge in [-0.05, 0) is 65.6 Å². The lowest BCUT2D eigenvalue weighted by atomic mass is 9.84. The lowest BCUT2D eigenvalue weighted by Crippen LogP contribution is -2.20. The molecule has 0 saturated heterocycles. The fourth-order valence-corrected chi connectivity index (χ4v) is 2.78. The minimum absolute atomic E-state index is 0.0327. The lowest BCUT2D eigenvalue weighted by molar-refractivity contribution is -0.116. The largest absolute Gasteiger partial charge is 0.330 e. The Kier molecular flexibility index (Phi) is 6.56. The van der Waals surface area contributed by atoms with Gasteiger partial charge in [0.1, 0.15) is 0 Å². The summed E-state index contributed by atoms with van der Waals surface area (Å²) in [6.07, 6.45) is 2.27. The molecule has 0 unspecified atom stereocenters. The van der Waals surface area contributed by atoms with Crippen molar-refractivity contribution in [3.8, 4) is 0 Å². The summed E-state index contributed by atoms with van der Waals surface area (Å²) in [6, 6.07) is 5.43. The first-order valence-corrected chi connectivity index (χ1v) is 7.75. The van der Waals surface area contributed by atoms with Crippen LogP contribution in [0.15, 0.2) is 18.2 Å². The van der Waals surface area contributed by atoms with Crippen LogP contribution in [0.25, 0.3) is 0 Å². The highest BCUT2D eigenvalue weighted by molar-refractivity contribution is 14.1. The number of nitrogens with one attached hydrogen (secondary N) is 1. The summed E-state index contributed by atoms with van der Waals surface area (Å²) in [5.74, 6) is 0.0327. The molecular weight excluding hydrogens is 375 g/mol. The zero-order valence-electron chi connectivity index (χ0n) is 11.3. The molecular formula is C14H20ClIN2O. The van der Waals surface area contributed by atoms with Gasteiger partial charge in [0.2, 0.25) is 5.91 Å². The van der Waals surface area contributed by atoms with Crippen LogP contribution in [0, 0.1) is 8.99 Å². The van der Waals surface area contributed by atoms with Crippen LogP contribution >= 0.6 is 34.2 Å². The van der Waals surface area contributed by atoms with E-state index in [0.717, 1.165) is 22.1 Å². The normalized spacial score (nSPS) is 11.4. The van der Waals surface area contributed by atoms with Gasteiger partial charge in [0.05, 0.1) is 5.69 Å². The summed E-state index contributed by atoms with van der Waals surface area (Å²) in [7, 11) is 0. The van der Waals surface area contributed by atoms with E-state index in [1.807, 2.05) is 12.1 Å². The predicted octanol–water partition coefficient (Wildman–Crippen LogP) is 4.04. The fraction of sp³-hybridized carbons (Fsp3) is 0.500. The first-order chi connectivity index (χ1) is 8.84. The molecule has 0 radical (unpaired) electrons. The summed E-state index contributed by atoms with van der Waals surface area (Å²) in [6.45, 7) is 4.93. The summed E-state index contributed by atoms with van der Waals surface area (Å²) >= 11 is 8.04. The van der Waals surface area contributed by atoms with E-state index in [0.29, 0.717) is 18.0 Å². The molecule has 0 aliphatic heterocycles. The Balaban J connectivity index is 2.52. The van der Waals surface area contributed by atoms with Crippen LogP contribution in [0.4, 0.5) is 5.69 Å². The predicted molar refractivity (Wildman–Crippen MR) is 89.5 cm³/mol. The summed E-state index contributed by atoms with van der Waals surface area (Å²) in [4.78, 5) is 11.9. The van der Waals surface area contributed by atoms with E-state index in [2.05, 4.69) is 41.8 Å². The molecule has 3 N–H and O–H groups in total. The maximum absolute atomic E-state index is 11.9. The standard InChI is InChI=1S/C14H20ClIN2O/c1-14(2,7-8-17)6-5-13(19)18-12-4-3-10(15)9-11(12)16/h3-4,9H,5-8,17H2,1-2H3,(H,18,19). The molecule has 19 heavy (non-hydrogen) atoms. The molecule has 1 amide bonds. The fourth-order valence-electron chi connectivity index (χ4n) is 1.77. The van der Waals surface area contributed by atoms with E-state index in [9.17, 15) is 4.79 Å². The first-order valence-electron chi connectivity index (χ1n) is 6.29. The molecule has 0 bridgehead atoms. The van der Waals surface area contributed by atoms with E-state index >= 15 is 0 Å². The SMILES string of the molecule is CC(C)(CCN)CCC(=O)Nc1ccc(Cl)cc1I. The van der Waals surface area contributed by atoms with Gasteiger partial charge in [-0.15, -0.1) is 0 Å². The van der Waals surface area contributed by atoms with Crippen molar-refractivity contribution in [3.05, 3.63) is 26.8 Å². The highest BCUT2D eigenvalue weighted by Gasteiger charge is 2.18. The number of rotatable bonds is 6. The average molecular weight is 395 g/mol. The Bertz CT molecular complexity index is 449. The number of benzene rings is 1. The summed E-state index contributed by atoms with van der Waals surface area (Å²) < 4.78 is 0.944. The van der Waals surface area contributed by atoms with E-state index in [1.165, 1.54) is 0 Å². The molecule has 0 aromatic heterocycles. The first kappa shape index (κ1) is 16.7. The Labute approximate surface area is 133 Å². The molecule has 0 atom stereocenters. The maximum atomic E-state index is 11.9. The van der Waals surface area contributed by atoms with Gasteiger partial charge >= 0.3 is 0 Å². The van der Waals surface area contributed by atoms with Gasteiger partial charge in [-0.2, -0.15) is 0 Å². The van der Waals surface area contributed by atoms with Crippen molar-refractivity contribution in [1.82, 2.24) is 0 Å². The third-order valence-electron chi connectivity index (χ3n) is 3.06. The molecule has 106 valence electrons. The molecule has 0 aliphatic rings. The quantitative estimate of drug-likeness (QED) is 0.716. The number of hydrogen-bond acceptors (Lipinski definition) is 2. The van der Waals surface area contributed by atoms with E-state index in [4.69, 9.17) is 17.3 Å². The third-order valence-corrected chi connectivity index (χ3v) is 4.18. The lowest BCUT2D eigenvalue weighted by Gasteiger charge is -2.23. The van der Waals surface area contributed by atoms with Crippen molar-refractivity contribution in [2.45, 2.75) is 33.1 Å².